The number of nitrogens with zero attached hydrogens (tertiary/aromatic N) is 2. The molecule has 0 atom stereocenters. The van der Waals surface area contributed by atoms with Gasteiger partial charge in [0, 0.05) is 26.0 Å². The highest BCUT2D eigenvalue weighted by Gasteiger charge is 2.00. The Morgan fingerprint density at radius 2 is 2.25 bits per heavy atom. The van der Waals surface area contributed by atoms with Gasteiger partial charge in [0.15, 0.2) is 0 Å². The highest BCUT2D eigenvalue weighted by atomic mass is 32.1. The van der Waals surface area contributed by atoms with Crippen molar-refractivity contribution in [1.29, 1.82) is 0 Å². The van der Waals surface area contributed by atoms with E-state index >= 15 is 0 Å². The maximum Gasteiger partial charge on any atom is 0.122 e. The summed E-state index contributed by atoms with van der Waals surface area (Å²) in [4.78, 5) is 6.34. The van der Waals surface area contributed by atoms with Crippen LogP contribution in [0.1, 0.15) is 5.69 Å². The Labute approximate surface area is 77.2 Å². The minimum absolute atomic E-state index is 0.332. The van der Waals surface area contributed by atoms with Crippen molar-refractivity contribution < 1.29 is 0 Å². The summed E-state index contributed by atoms with van der Waals surface area (Å²) in [7, 11) is 3.91. The Balaban J connectivity index is 3.04. The molecule has 12 heavy (non-hydrogen) atoms. The van der Waals surface area contributed by atoms with E-state index in [1.807, 2.05) is 31.1 Å². The first-order chi connectivity index (χ1) is 5.61. The predicted molar refractivity (Wildman–Crippen MR) is 54.5 cm³/mol. The molecule has 1 rings (SSSR count). The number of hydrogen-bond donors (Lipinski definition) is 1. The molecule has 0 amide bonds. The fourth-order valence-corrected chi connectivity index (χ4v) is 0.944. The van der Waals surface area contributed by atoms with Crippen LogP contribution in [0.2, 0.25) is 0 Å². The summed E-state index contributed by atoms with van der Waals surface area (Å²) >= 11 is 4.80. The van der Waals surface area contributed by atoms with Gasteiger partial charge >= 0.3 is 0 Å². The Hall–Kier alpha value is -1.16. The second-order valence-corrected chi connectivity index (χ2v) is 3.10. The molecule has 0 spiro atoms. The van der Waals surface area contributed by atoms with Gasteiger partial charge in [0.2, 0.25) is 0 Å². The van der Waals surface area contributed by atoms with Crippen molar-refractivity contribution in [2.45, 2.75) is 0 Å². The molecule has 1 aromatic rings. The van der Waals surface area contributed by atoms with Gasteiger partial charge in [0.05, 0.1) is 5.69 Å². The van der Waals surface area contributed by atoms with E-state index in [4.69, 9.17) is 18.0 Å². The molecule has 0 saturated heterocycles. The summed E-state index contributed by atoms with van der Waals surface area (Å²) < 4.78 is 0. The highest BCUT2D eigenvalue weighted by molar-refractivity contribution is 7.80. The van der Waals surface area contributed by atoms with Crippen LogP contribution in [0.4, 0.5) is 5.69 Å². The fraction of sp³-hybridized carbons (Fsp3) is 0.250. The van der Waals surface area contributed by atoms with E-state index in [2.05, 4.69) is 4.98 Å². The standard InChI is InChI=1S/C8H11N3S/c1-11(2)6-3-4-10-7(5-6)8(9)12/h3-5H,1-2H3,(H2,9,12). The largest absolute Gasteiger partial charge is 0.388 e. The van der Waals surface area contributed by atoms with Crippen molar-refractivity contribution in [2.75, 3.05) is 19.0 Å². The molecule has 0 aliphatic rings. The second kappa shape index (κ2) is 3.49. The minimum Gasteiger partial charge on any atom is -0.388 e. The summed E-state index contributed by atoms with van der Waals surface area (Å²) in [6.45, 7) is 0. The van der Waals surface area contributed by atoms with Crippen molar-refractivity contribution in [2.24, 2.45) is 5.73 Å². The summed E-state index contributed by atoms with van der Waals surface area (Å²) in [6, 6.07) is 3.77. The number of aromatic nitrogens is 1. The third-order valence-corrected chi connectivity index (χ3v) is 1.72. The van der Waals surface area contributed by atoms with Gasteiger partial charge in [-0.3, -0.25) is 4.98 Å². The van der Waals surface area contributed by atoms with Crippen LogP contribution < -0.4 is 10.6 Å². The van der Waals surface area contributed by atoms with Crippen LogP contribution in [0.25, 0.3) is 0 Å². The van der Waals surface area contributed by atoms with Crippen LogP contribution in [-0.2, 0) is 0 Å². The Kier molecular flexibility index (Phi) is 2.60. The van der Waals surface area contributed by atoms with Gasteiger partial charge in [0.25, 0.3) is 0 Å². The molecule has 3 nitrogen and oxygen atoms in total. The molecule has 1 heterocycles. The lowest BCUT2D eigenvalue weighted by Gasteiger charge is -2.12. The van der Waals surface area contributed by atoms with Gasteiger partial charge in [-0.2, -0.15) is 0 Å². The summed E-state index contributed by atoms with van der Waals surface area (Å²) in [5, 5.41) is 0. The fourth-order valence-electron chi connectivity index (χ4n) is 0.832. The zero-order valence-electron chi connectivity index (χ0n) is 7.11. The number of anilines is 1. The van der Waals surface area contributed by atoms with E-state index in [-0.39, 0.29) is 0 Å². The lowest BCUT2D eigenvalue weighted by molar-refractivity contribution is 1.12. The van der Waals surface area contributed by atoms with Crippen LogP contribution in [0.5, 0.6) is 0 Å². The summed E-state index contributed by atoms with van der Waals surface area (Å²) in [5.74, 6) is 0. The summed E-state index contributed by atoms with van der Waals surface area (Å²) in [6.07, 6.45) is 1.70. The van der Waals surface area contributed by atoms with Crippen molar-refractivity contribution in [3.8, 4) is 0 Å². The van der Waals surface area contributed by atoms with Gasteiger partial charge in [-0.05, 0) is 12.1 Å². The average Bonchev–Trinajstić information content (AvgIpc) is 2.04. The van der Waals surface area contributed by atoms with E-state index < -0.39 is 0 Å². The molecule has 0 aromatic carbocycles. The highest BCUT2D eigenvalue weighted by Crippen LogP contribution is 2.10. The predicted octanol–water partition coefficient (Wildman–Crippen LogP) is 0.782. The smallest absolute Gasteiger partial charge is 0.122 e. The molecule has 0 aliphatic carbocycles. The molecule has 0 aliphatic heterocycles. The van der Waals surface area contributed by atoms with E-state index in [1.54, 1.807) is 6.20 Å². The maximum absolute atomic E-state index is 5.43. The Morgan fingerprint density at radius 1 is 1.58 bits per heavy atom. The van der Waals surface area contributed by atoms with E-state index in [9.17, 15) is 0 Å². The normalized spacial score (nSPS) is 9.50. The summed E-state index contributed by atoms with van der Waals surface area (Å²) in [5.41, 5.74) is 7.15. The van der Waals surface area contributed by atoms with Crippen LogP contribution >= 0.6 is 12.2 Å². The molecule has 1 aromatic heterocycles. The van der Waals surface area contributed by atoms with Gasteiger partial charge in [0.1, 0.15) is 4.99 Å². The Bertz CT molecular complexity index is 296. The molecule has 0 fully saturated rings. The van der Waals surface area contributed by atoms with E-state index in [0.717, 1.165) is 5.69 Å². The zero-order chi connectivity index (χ0) is 9.14. The monoisotopic (exact) mass is 181 g/mol. The molecule has 0 bridgehead atoms. The van der Waals surface area contributed by atoms with E-state index in [0.29, 0.717) is 10.7 Å². The van der Waals surface area contributed by atoms with Gasteiger partial charge < -0.3 is 10.6 Å². The first-order valence-corrected chi connectivity index (χ1v) is 3.95. The van der Waals surface area contributed by atoms with Crippen molar-refractivity contribution in [1.82, 2.24) is 4.98 Å². The maximum atomic E-state index is 5.43. The number of rotatable bonds is 2. The van der Waals surface area contributed by atoms with Gasteiger partial charge in [-0.25, -0.2) is 0 Å². The number of pyridine rings is 1. The molecule has 0 saturated carbocycles. The molecular formula is C8H11N3S. The first-order valence-electron chi connectivity index (χ1n) is 3.54. The number of thiocarbonyl (C=S) groups is 1. The topological polar surface area (TPSA) is 42.2 Å². The number of hydrogen-bond acceptors (Lipinski definition) is 3. The number of nitrogens with two attached hydrogens (primary N) is 1. The van der Waals surface area contributed by atoms with Gasteiger partial charge in [-0.15, -0.1) is 0 Å². The van der Waals surface area contributed by atoms with Crippen LogP contribution in [-0.4, -0.2) is 24.1 Å². The molecule has 0 unspecified atom stereocenters. The average molecular weight is 181 g/mol. The lowest BCUT2D eigenvalue weighted by Crippen LogP contribution is -2.14. The van der Waals surface area contributed by atoms with Gasteiger partial charge in [-0.1, -0.05) is 12.2 Å². The molecule has 64 valence electrons. The first kappa shape index (κ1) is 8.93. The van der Waals surface area contributed by atoms with Crippen molar-refractivity contribution in [3.63, 3.8) is 0 Å². The molecular weight excluding hydrogens is 170 g/mol. The second-order valence-electron chi connectivity index (χ2n) is 2.66. The van der Waals surface area contributed by atoms with E-state index in [1.165, 1.54) is 0 Å². The zero-order valence-corrected chi connectivity index (χ0v) is 7.93. The van der Waals surface area contributed by atoms with Crippen LogP contribution in [0, 0.1) is 0 Å². The molecule has 0 radical (unpaired) electrons. The van der Waals surface area contributed by atoms with Crippen molar-refractivity contribution in [3.05, 3.63) is 24.0 Å². The van der Waals surface area contributed by atoms with Crippen molar-refractivity contribution >= 4 is 22.9 Å². The minimum atomic E-state index is 0.332. The Morgan fingerprint density at radius 3 is 2.75 bits per heavy atom. The lowest BCUT2D eigenvalue weighted by atomic mass is 10.3. The van der Waals surface area contributed by atoms with Crippen LogP contribution in [0.15, 0.2) is 18.3 Å². The quantitative estimate of drug-likeness (QED) is 0.685. The third kappa shape index (κ3) is 1.92. The SMILES string of the molecule is CN(C)c1ccnc(C(N)=S)c1. The third-order valence-electron chi connectivity index (χ3n) is 1.51. The molecule has 2 N–H and O–H groups in total. The molecule has 4 heteroatoms. The van der Waals surface area contributed by atoms with Crippen LogP contribution in [0.3, 0.4) is 0 Å².